The third kappa shape index (κ3) is 4.09. The van der Waals surface area contributed by atoms with Crippen molar-refractivity contribution < 1.29 is 9.59 Å². The first-order chi connectivity index (χ1) is 9.27. The smallest absolute Gasteiger partial charge is 0.251 e. The maximum atomic E-state index is 11.9. The van der Waals surface area contributed by atoms with Gasteiger partial charge < -0.3 is 10.2 Å². The first-order valence-corrected chi connectivity index (χ1v) is 6.88. The molecule has 0 bridgehead atoms. The molecule has 2 amide bonds. The Labute approximate surface area is 113 Å². The zero-order chi connectivity index (χ0) is 13.5. The minimum atomic E-state index is -0.118. The van der Waals surface area contributed by atoms with Crippen LogP contribution in [-0.4, -0.2) is 36.3 Å². The molecule has 1 N–H and O–H groups in total. The fourth-order valence-corrected chi connectivity index (χ4v) is 2.28. The number of amides is 2. The first kappa shape index (κ1) is 13.6. The summed E-state index contributed by atoms with van der Waals surface area (Å²) in [6, 6.07) is 9.06. The topological polar surface area (TPSA) is 49.4 Å². The van der Waals surface area contributed by atoms with Crippen LogP contribution >= 0.6 is 0 Å². The molecule has 1 aromatic rings. The van der Waals surface area contributed by atoms with E-state index in [2.05, 4.69) is 5.32 Å². The van der Waals surface area contributed by atoms with Crippen LogP contribution in [0.15, 0.2) is 30.3 Å². The van der Waals surface area contributed by atoms with Gasteiger partial charge in [0.2, 0.25) is 5.91 Å². The predicted molar refractivity (Wildman–Crippen MR) is 73.8 cm³/mol. The molecule has 0 aromatic heterocycles. The lowest BCUT2D eigenvalue weighted by Gasteiger charge is -2.26. The van der Waals surface area contributed by atoms with E-state index < -0.39 is 0 Å². The van der Waals surface area contributed by atoms with E-state index in [1.54, 1.807) is 12.1 Å². The third-order valence-electron chi connectivity index (χ3n) is 3.37. The molecule has 0 spiro atoms. The Morgan fingerprint density at radius 2 is 1.74 bits per heavy atom. The van der Waals surface area contributed by atoms with Crippen molar-refractivity contribution in [3.05, 3.63) is 35.9 Å². The van der Waals surface area contributed by atoms with Crippen LogP contribution in [0.4, 0.5) is 0 Å². The Morgan fingerprint density at radius 1 is 1.05 bits per heavy atom. The van der Waals surface area contributed by atoms with Crippen molar-refractivity contribution in [1.82, 2.24) is 10.2 Å². The summed E-state index contributed by atoms with van der Waals surface area (Å²) in [7, 11) is 0. The summed E-state index contributed by atoms with van der Waals surface area (Å²) in [6.45, 7) is 2.14. The van der Waals surface area contributed by atoms with E-state index in [1.165, 1.54) is 6.42 Å². The van der Waals surface area contributed by atoms with Crippen LogP contribution in [0, 0.1) is 0 Å². The Balaban J connectivity index is 1.71. The number of benzene rings is 1. The van der Waals surface area contributed by atoms with E-state index in [0.717, 1.165) is 25.9 Å². The molecule has 102 valence electrons. The van der Waals surface area contributed by atoms with Gasteiger partial charge in [0, 0.05) is 31.6 Å². The normalized spacial score (nSPS) is 15.1. The number of piperidine rings is 1. The first-order valence-electron chi connectivity index (χ1n) is 6.88. The molecule has 2 rings (SSSR count). The van der Waals surface area contributed by atoms with Crippen LogP contribution < -0.4 is 5.32 Å². The molecule has 4 nitrogen and oxygen atoms in total. The SMILES string of the molecule is O=C(NCCC(=O)N1CCCCC1)c1ccccc1. The van der Waals surface area contributed by atoms with Crippen LogP contribution in [0.5, 0.6) is 0 Å². The fourth-order valence-electron chi connectivity index (χ4n) is 2.28. The second-order valence-electron chi connectivity index (χ2n) is 4.81. The summed E-state index contributed by atoms with van der Waals surface area (Å²) in [6.07, 6.45) is 3.80. The summed E-state index contributed by atoms with van der Waals surface area (Å²) in [5.74, 6) is 0.0279. The van der Waals surface area contributed by atoms with Crippen molar-refractivity contribution in [3.8, 4) is 0 Å². The van der Waals surface area contributed by atoms with Gasteiger partial charge in [-0.15, -0.1) is 0 Å². The summed E-state index contributed by atoms with van der Waals surface area (Å²) in [5.41, 5.74) is 0.632. The van der Waals surface area contributed by atoms with Gasteiger partial charge in [0.15, 0.2) is 0 Å². The summed E-state index contributed by atoms with van der Waals surface area (Å²) in [4.78, 5) is 25.6. The zero-order valence-corrected chi connectivity index (χ0v) is 11.1. The van der Waals surface area contributed by atoms with Crippen molar-refractivity contribution in [2.75, 3.05) is 19.6 Å². The second-order valence-corrected chi connectivity index (χ2v) is 4.81. The molecule has 4 heteroatoms. The lowest BCUT2D eigenvalue weighted by molar-refractivity contribution is -0.131. The average molecular weight is 260 g/mol. The van der Waals surface area contributed by atoms with Crippen molar-refractivity contribution >= 4 is 11.8 Å². The largest absolute Gasteiger partial charge is 0.352 e. The number of carbonyl (C=O) groups excluding carboxylic acids is 2. The van der Waals surface area contributed by atoms with Crippen LogP contribution in [0.1, 0.15) is 36.0 Å². The standard InChI is InChI=1S/C15H20N2O2/c18-14(17-11-5-2-6-12-17)9-10-16-15(19)13-7-3-1-4-8-13/h1,3-4,7-8H,2,5-6,9-12H2,(H,16,19). The van der Waals surface area contributed by atoms with Crippen LogP contribution in [0.25, 0.3) is 0 Å². The Bertz CT molecular complexity index is 425. The number of rotatable bonds is 4. The number of nitrogens with one attached hydrogen (secondary N) is 1. The average Bonchev–Trinajstić information content (AvgIpc) is 2.49. The van der Waals surface area contributed by atoms with E-state index in [9.17, 15) is 9.59 Å². The molecule has 1 saturated heterocycles. The number of hydrogen-bond donors (Lipinski definition) is 1. The molecule has 1 aliphatic rings. The van der Waals surface area contributed by atoms with Gasteiger partial charge in [-0.2, -0.15) is 0 Å². The van der Waals surface area contributed by atoms with Crippen molar-refractivity contribution in [3.63, 3.8) is 0 Å². The Morgan fingerprint density at radius 3 is 2.42 bits per heavy atom. The second kappa shape index (κ2) is 6.92. The molecule has 0 saturated carbocycles. The van der Waals surface area contributed by atoms with Crippen LogP contribution in [0.3, 0.4) is 0 Å². The van der Waals surface area contributed by atoms with Gasteiger partial charge in [0.25, 0.3) is 5.91 Å². The maximum absolute atomic E-state index is 11.9. The summed E-state index contributed by atoms with van der Waals surface area (Å²) in [5, 5.41) is 2.78. The summed E-state index contributed by atoms with van der Waals surface area (Å²) >= 11 is 0. The molecule has 1 aromatic carbocycles. The number of hydrogen-bond acceptors (Lipinski definition) is 2. The molecule has 1 heterocycles. The third-order valence-corrected chi connectivity index (χ3v) is 3.37. The van der Waals surface area contributed by atoms with E-state index >= 15 is 0 Å². The van der Waals surface area contributed by atoms with Crippen molar-refractivity contribution in [2.24, 2.45) is 0 Å². The van der Waals surface area contributed by atoms with E-state index in [1.807, 2.05) is 23.1 Å². The van der Waals surface area contributed by atoms with E-state index in [4.69, 9.17) is 0 Å². The Hall–Kier alpha value is -1.84. The highest BCUT2D eigenvalue weighted by atomic mass is 16.2. The van der Waals surface area contributed by atoms with Crippen molar-refractivity contribution in [2.45, 2.75) is 25.7 Å². The highest BCUT2D eigenvalue weighted by Gasteiger charge is 2.16. The van der Waals surface area contributed by atoms with E-state index in [0.29, 0.717) is 18.5 Å². The van der Waals surface area contributed by atoms with Crippen LogP contribution in [0.2, 0.25) is 0 Å². The molecule has 1 aliphatic heterocycles. The molecule has 19 heavy (non-hydrogen) atoms. The molecular weight excluding hydrogens is 240 g/mol. The minimum Gasteiger partial charge on any atom is -0.352 e. The monoisotopic (exact) mass is 260 g/mol. The van der Waals surface area contributed by atoms with Crippen LogP contribution in [-0.2, 0) is 4.79 Å². The van der Waals surface area contributed by atoms with Crippen molar-refractivity contribution in [1.29, 1.82) is 0 Å². The molecule has 0 radical (unpaired) electrons. The molecular formula is C15H20N2O2. The predicted octanol–water partition coefficient (Wildman–Crippen LogP) is 1.82. The maximum Gasteiger partial charge on any atom is 0.251 e. The lowest BCUT2D eigenvalue weighted by atomic mass is 10.1. The van der Waals surface area contributed by atoms with Gasteiger partial charge >= 0.3 is 0 Å². The van der Waals surface area contributed by atoms with Gasteiger partial charge in [0.05, 0.1) is 0 Å². The highest BCUT2D eigenvalue weighted by Crippen LogP contribution is 2.09. The lowest BCUT2D eigenvalue weighted by Crippen LogP contribution is -2.37. The van der Waals surface area contributed by atoms with Gasteiger partial charge in [-0.1, -0.05) is 18.2 Å². The summed E-state index contributed by atoms with van der Waals surface area (Å²) < 4.78 is 0. The quantitative estimate of drug-likeness (QED) is 0.897. The highest BCUT2D eigenvalue weighted by molar-refractivity contribution is 5.94. The van der Waals surface area contributed by atoms with Gasteiger partial charge in [-0.3, -0.25) is 9.59 Å². The molecule has 0 atom stereocenters. The number of likely N-dealkylation sites (tertiary alicyclic amines) is 1. The fraction of sp³-hybridized carbons (Fsp3) is 0.467. The minimum absolute atomic E-state index is 0.118. The van der Waals surface area contributed by atoms with E-state index in [-0.39, 0.29) is 11.8 Å². The molecule has 0 unspecified atom stereocenters. The Kier molecular flexibility index (Phi) is 4.95. The number of carbonyl (C=O) groups is 2. The molecule has 1 fully saturated rings. The number of nitrogens with zero attached hydrogens (tertiary/aromatic N) is 1. The molecule has 0 aliphatic carbocycles. The van der Waals surface area contributed by atoms with Gasteiger partial charge in [0.1, 0.15) is 0 Å². The zero-order valence-electron chi connectivity index (χ0n) is 11.1. The van der Waals surface area contributed by atoms with Gasteiger partial charge in [-0.25, -0.2) is 0 Å². The van der Waals surface area contributed by atoms with Gasteiger partial charge in [-0.05, 0) is 31.4 Å².